The third-order valence-corrected chi connectivity index (χ3v) is 4.24. The van der Waals surface area contributed by atoms with Crippen molar-refractivity contribution in [3.05, 3.63) is 76.3 Å². The van der Waals surface area contributed by atoms with E-state index in [0.717, 1.165) is 5.56 Å². The summed E-state index contributed by atoms with van der Waals surface area (Å²) in [6.45, 7) is 0.621. The van der Waals surface area contributed by atoms with Gasteiger partial charge in [-0.15, -0.1) is 0 Å². The van der Waals surface area contributed by atoms with Crippen LogP contribution in [0.1, 0.15) is 22.3 Å². The zero-order chi connectivity index (χ0) is 19.2. The number of aromatic nitrogens is 2. The predicted molar refractivity (Wildman–Crippen MR) is 102 cm³/mol. The zero-order valence-corrected chi connectivity index (χ0v) is 14.9. The first-order valence-corrected chi connectivity index (χ1v) is 8.60. The van der Waals surface area contributed by atoms with Crippen molar-refractivity contribution in [1.82, 2.24) is 20.2 Å². The minimum Gasteiger partial charge on any atom is -0.355 e. The average Bonchev–Trinajstić information content (AvgIpc) is 2.71. The Bertz CT molecular complexity index is 1030. The molecule has 0 atom stereocenters. The fourth-order valence-corrected chi connectivity index (χ4v) is 2.69. The lowest BCUT2D eigenvalue weighted by Crippen LogP contribution is -2.27. The highest BCUT2D eigenvalue weighted by Crippen LogP contribution is 2.06. The number of nitrogens with zero attached hydrogens (tertiary/aromatic N) is 2. The molecule has 0 aliphatic heterocycles. The minimum absolute atomic E-state index is 0.153. The summed E-state index contributed by atoms with van der Waals surface area (Å²) in [7, 11) is 1.58. The van der Waals surface area contributed by atoms with Crippen LogP contribution in [0, 0.1) is 0 Å². The number of carbonyl (C=O) groups excluding carboxylic acids is 2. The number of aryl methyl sites for hydroxylation is 1. The van der Waals surface area contributed by atoms with Crippen molar-refractivity contribution in [1.29, 1.82) is 0 Å². The van der Waals surface area contributed by atoms with Crippen LogP contribution >= 0.6 is 0 Å². The predicted octanol–water partition coefficient (Wildman–Crippen LogP) is 1.46. The fourth-order valence-electron chi connectivity index (χ4n) is 2.69. The lowest BCUT2D eigenvalue weighted by molar-refractivity contribution is -0.121. The van der Waals surface area contributed by atoms with Crippen molar-refractivity contribution in [3.63, 3.8) is 0 Å². The zero-order valence-electron chi connectivity index (χ0n) is 14.9. The number of nitrogens with one attached hydrogen (secondary N) is 2. The van der Waals surface area contributed by atoms with Crippen LogP contribution in [0.5, 0.6) is 0 Å². The van der Waals surface area contributed by atoms with E-state index >= 15 is 0 Å². The summed E-state index contributed by atoms with van der Waals surface area (Å²) in [6, 6.07) is 14.1. The van der Waals surface area contributed by atoms with Crippen LogP contribution in [-0.4, -0.2) is 28.4 Å². The first kappa shape index (κ1) is 18.3. The van der Waals surface area contributed by atoms with E-state index in [1.807, 2.05) is 6.07 Å². The largest absolute Gasteiger partial charge is 0.355 e. The Labute approximate surface area is 156 Å². The van der Waals surface area contributed by atoms with Gasteiger partial charge in [0.15, 0.2) is 0 Å². The molecule has 0 fully saturated rings. The molecule has 3 rings (SSSR count). The van der Waals surface area contributed by atoms with Gasteiger partial charge in [0.1, 0.15) is 0 Å². The van der Waals surface area contributed by atoms with Crippen LogP contribution in [0.4, 0.5) is 0 Å². The average molecular weight is 364 g/mol. The van der Waals surface area contributed by atoms with Crippen LogP contribution in [0.25, 0.3) is 10.9 Å². The summed E-state index contributed by atoms with van der Waals surface area (Å²) in [5.41, 5.74) is 1.94. The van der Waals surface area contributed by atoms with Crippen LogP contribution in [-0.2, 0) is 17.9 Å². The second-order valence-electron chi connectivity index (χ2n) is 6.06. The second-order valence-corrected chi connectivity index (χ2v) is 6.06. The van der Waals surface area contributed by atoms with Gasteiger partial charge < -0.3 is 10.6 Å². The Kier molecular flexibility index (Phi) is 5.61. The Morgan fingerprint density at radius 3 is 2.56 bits per heavy atom. The number of hydrogen-bond acceptors (Lipinski definition) is 4. The monoisotopic (exact) mass is 364 g/mol. The maximum atomic E-state index is 12.4. The van der Waals surface area contributed by atoms with E-state index in [0.29, 0.717) is 23.0 Å². The SMILES string of the molecule is CNC(=O)c1ccc(CNC(=O)CCn2cnc3ccccc3c2=O)cc1. The highest BCUT2D eigenvalue weighted by molar-refractivity contribution is 5.93. The molecule has 2 aromatic carbocycles. The first-order valence-electron chi connectivity index (χ1n) is 8.60. The molecule has 0 spiro atoms. The Morgan fingerprint density at radius 1 is 1.07 bits per heavy atom. The summed E-state index contributed by atoms with van der Waals surface area (Å²) < 4.78 is 1.44. The third-order valence-electron chi connectivity index (χ3n) is 4.24. The summed E-state index contributed by atoms with van der Waals surface area (Å²) in [4.78, 5) is 40.2. The molecule has 0 saturated carbocycles. The summed E-state index contributed by atoms with van der Waals surface area (Å²) >= 11 is 0. The van der Waals surface area contributed by atoms with Gasteiger partial charge in [-0.3, -0.25) is 19.0 Å². The minimum atomic E-state index is -0.162. The normalized spacial score (nSPS) is 10.6. The number of amides is 2. The fraction of sp³-hybridized carbons (Fsp3) is 0.200. The van der Waals surface area contributed by atoms with Gasteiger partial charge in [-0.05, 0) is 29.8 Å². The molecule has 3 aromatic rings. The topological polar surface area (TPSA) is 93.1 Å². The van der Waals surface area contributed by atoms with Gasteiger partial charge in [-0.25, -0.2) is 4.98 Å². The van der Waals surface area contributed by atoms with Crippen molar-refractivity contribution in [3.8, 4) is 0 Å². The molecule has 1 heterocycles. The molecule has 138 valence electrons. The van der Waals surface area contributed by atoms with Crippen molar-refractivity contribution < 1.29 is 9.59 Å². The molecule has 2 amide bonds. The molecule has 7 nitrogen and oxygen atoms in total. The van der Waals surface area contributed by atoms with Gasteiger partial charge in [0, 0.05) is 32.1 Å². The van der Waals surface area contributed by atoms with Crippen LogP contribution in [0.2, 0.25) is 0 Å². The van der Waals surface area contributed by atoms with Gasteiger partial charge >= 0.3 is 0 Å². The number of fused-ring (bicyclic) bond motifs is 1. The molecular formula is C20H20N4O3. The van der Waals surface area contributed by atoms with E-state index in [1.54, 1.807) is 49.5 Å². The first-order chi connectivity index (χ1) is 13.1. The molecule has 0 saturated heterocycles. The van der Waals surface area contributed by atoms with Gasteiger partial charge in [0.25, 0.3) is 11.5 Å². The molecule has 27 heavy (non-hydrogen) atoms. The van der Waals surface area contributed by atoms with Crippen LogP contribution in [0.15, 0.2) is 59.7 Å². The number of carbonyl (C=O) groups is 2. The Hall–Kier alpha value is -3.48. The van der Waals surface area contributed by atoms with Crippen molar-refractivity contribution >= 4 is 22.7 Å². The maximum absolute atomic E-state index is 12.4. The van der Waals surface area contributed by atoms with Crippen molar-refractivity contribution in [2.45, 2.75) is 19.5 Å². The summed E-state index contributed by atoms with van der Waals surface area (Å²) in [5.74, 6) is -0.314. The highest BCUT2D eigenvalue weighted by atomic mass is 16.2. The molecule has 7 heteroatoms. The highest BCUT2D eigenvalue weighted by Gasteiger charge is 2.07. The smallest absolute Gasteiger partial charge is 0.261 e. The lowest BCUT2D eigenvalue weighted by atomic mass is 10.1. The van der Waals surface area contributed by atoms with E-state index in [4.69, 9.17) is 0 Å². The summed E-state index contributed by atoms with van der Waals surface area (Å²) in [6.07, 6.45) is 1.64. The lowest BCUT2D eigenvalue weighted by Gasteiger charge is -2.08. The standard InChI is InChI=1S/C20H20N4O3/c1-21-19(26)15-8-6-14(7-9-15)12-22-18(25)10-11-24-13-23-17-5-3-2-4-16(17)20(24)27/h2-9,13H,10-12H2,1H3,(H,21,26)(H,22,25). The van der Waals surface area contributed by atoms with E-state index < -0.39 is 0 Å². The molecule has 2 N–H and O–H groups in total. The second kappa shape index (κ2) is 8.27. The van der Waals surface area contributed by atoms with Crippen molar-refractivity contribution in [2.75, 3.05) is 7.05 Å². The Morgan fingerprint density at radius 2 is 1.81 bits per heavy atom. The number of benzene rings is 2. The van der Waals surface area contributed by atoms with E-state index in [2.05, 4.69) is 15.6 Å². The van der Waals surface area contributed by atoms with Crippen molar-refractivity contribution in [2.24, 2.45) is 0 Å². The van der Waals surface area contributed by atoms with E-state index in [9.17, 15) is 14.4 Å². The quantitative estimate of drug-likeness (QED) is 0.693. The van der Waals surface area contributed by atoms with Gasteiger partial charge in [0.2, 0.25) is 5.91 Å². The van der Waals surface area contributed by atoms with Gasteiger partial charge in [-0.2, -0.15) is 0 Å². The maximum Gasteiger partial charge on any atom is 0.261 e. The molecule has 0 bridgehead atoms. The van der Waals surface area contributed by atoms with E-state index in [1.165, 1.54) is 10.9 Å². The summed E-state index contributed by atoms with van der Waals surface area (Å²) in [5, 5.41) is 5.91. The number of hydrogen-bond donors (Lipinski definition) is 2. The molecule has 0 aliphatic rings. The molecule has 1 aromatic heterocycles. The molecule has 0 radical (unpaired) electrons. The van der Waals surface area contributed by atoms with Gasteiger partial charge in [0.05, 0.1) is 17.2 Å². The molecule has 0 unspecified atom stereocenters. The molecule has 0 aliphatic carbocycles. The van der Waals surface area contributed by atoms with Crippen LogP contribution in [0.3, 0.4) is 0 Å². The number of para-hydroxylation sites is 1. The Balaban J connectivity index is 1.55. The third kappa shape index (κ3) is 4.38. The van der Waals surface area contributed by atoms with Gasteiger partial charge in [-0.1, -0.05) is 24.3 Å². The number of rotatable bonds is 6. The van der Waals surface area contributed by atoms with E-state index in [-0.39, 0.29) is 30.3 Å². The van der Waals surface area contributed by atoms with Crippen LogP contribution < -0.4 is 16.2 Å². The molecular weight excluding hydrogens is 344 g/mol.